The molecule has 4 nitrogen and oxygen atoms in total. The molecule has 0 bridgehead atoms. The van der Waals surface area contributed by atoms with Crippen LogP contribution >= 0.6 is 11.3 Å². The van der Waals surface area contributed by atoms with Crippen LogP contribution in [-0.4, -0.2) is 25.7 Å². The number of rotatable bonds is 5. The van der Waals surface area contributed by atoms with Gasteiger partial charge in [-0.3, -0.25) is 4.98 Å². The van der Waals surface area contributed by atoms with Crippen molar-refractivity contribution < 1.29 is 8.42 Å². The van der Waals surface area contributed by atoms with Crippen molar-refractivity contribution in [3.63, 3.8) is 0 Å². The summed E-state index contributed by atoms with van der Waals surface area (Å²) in [6.45, 7) is 2.08. The number of hydrogen-bond donors (Lipinski definition) is 1. The van der Waals surface area contributed by atoms with Gasteiger partial charge in [0.15, 0.2) is 0 Å². The Morgan fingerprint density at radius 1 is 1.62 bits per heavy atom. The van der Waals surface area contributed by atoms with Gasteiger partial charge in [0.1, 0.15) is 0 Å². The second kappa shape index (κ2) is 4.69. The highest BCUT2D eigenvalue weighted by atomic mass is 32.2. The fourth-order valence-corrected chi connectivity index (χ4v) is 2.01. The van der Waals surface area contributed by atoms with E-state index < -0.39 is 10.0 Å². The summed E-state index contributed by atoms with van der Waals surface area (Å²) < 4.78 is 24.5. The number of nitrogens with zero attached hydrogens (tertiary/aromatic N) is 1. The van der Waals surface area contributed by atoms with Crippen LogP contribution in [0.3, 0.4) is 0 Å². The van der Waals surface area contributed by atoms with Gasteiger partial charge < -0.3 is 0 Å². The molecule has 0 unspecified atom stereocenters. The lowest BCUT2D eigenvalue weighted by molar-refractivity contribution is 0.583. The van der Waals surface area contributed by atoms with Crippen LogP contribution in [0.25, 0.3) is 0 Å². The first-order valence-corrected chi connectivity index (χ1v) is 6.52. The summed E-state index contributed by atoms with van der Waals surface area (Å²) in [7, 11) is -3.04. The third kappa shape index (κ3) is 3.84. The summed E-state index contributed by atoms with van der Waals surface area (Å²) in [5.41, 5.74) is 1.74. The van der Waals surface area contributed by atoms with Gasteiger partial charge in [0.2, 0.25) is 10.0 Å². The van der Waals surface area contributed by atoms with E-state index in [0.717, 1.165) is 4.88 Å². The molecular weight excluding hydrogens is 208 g/mol. The highest BCUT2D eigenvalue weighted by Gasteiger charge is 2.04. The fraction of sp³-hybridized carbons (Fsp3) is 0.571. The molecule has 0 aliphatic heterocycles. The van der Waals surface area contributed by atoms with Crippen molar-refractivity contribution in [3.8, 4) is 0 Å². The molecular formula is C7H12N2O2S2. The number of sulfonamides is 1. The Kier molecular flexibility index (Phi) is 3.83. The first kappa shape index (κ1) is 10.6. The summed E-state index contributed by atoms with van der Waals surface area (Å²) in [5, 5.41) is 0. The van der Waals surface area contributed by atoms with Gasteiger partial charge in [0.05, 0.1) is 11.3 Å². The maximum atomic E-state index is 11.0. The van der Waals surface area contributed by atoms with Gasteiger partial charge in [-0.2, -0.15) is 0 Å². The van der Waals surface area contributed by atoms with E-state index in [1.54, 1.807) is 18.6 Å². The van der Waals surface area contributed by atoms with E-state index in [2.05, 4.69) is 9.71 Å². The molecule has 0 aromatic carbocycles. The lowest BCUT2D eigenvalue weighted by Crippen LogP contribution is -2.27. The van der Waals surface area contributed by atoms with E-state index in [4.69, 9.17) is 0 Å². The van der Waals surface area contributed by atoms with Crippen molar-refractivity contribution in [1.29, 1.82) is 0 Å². The predicted octanol–water partition coefficient (Wildman–Crippen LogP) is 0.625. The molecule has 0 amide bonds. The molecule has 1 aromatic heterocycles. The van der Waals surface area contributed by atoms with Crippen molar-refractivity contribution in [2.45, 2.75) is 13.3 Å². The quantitative estimate of drug-likeness (QED) is 0.791. The SMILES string of the molecule is CCS(=O)(=O)NCCc1cncs1. The zero-order valence-electron chi connectivity index (χ0n) is 7.36. The standard InChI is InChI=1S/C7H12N2O2S2/c1-2-13(10,11)9-4-3-7-5-8-6-12-7/h5-6,9H,2-4H2,1H3. The minimum absolute atomic E-state index is 0.135. The molecule has 0 saturated carbocycles. The third-order valence-electron chi connectivity index (χ3n) is 1.56. The van der Waals surface area contributed by atoms with Crippen LogP contribution in [0.2, 0.25) is 0 Å². The Labute approximate surface area is 82.1 Å². The molecule has 0 aliphatic carbocycles. The van der Waals surface area contributed by atoms with E-state index in [1.807, 2.05) is 0 Å². The fourth-order valence-electron chi connectivity index (χ4n) is 0.797. The zero-order chi connectivity index (χ0) is 9.73. The van der Waals surface area contributed by atoms with Gasteiger partial charge in [-0.15, -0.1) is 11.3 Å². The van der Waals surface area contributed by atoms with E-state index in [1.165, 1.54) is 11.3 Å². The molecule has 0 aliphatic rings. The summed E-state index contributed by atoms with van der Waals surface area (Å²) >= 11 is 1.54. The van der Waals surface area contributed by atoms with Crippen LogP contribution in [0, 0.1) is 0 Å². The second-order valence-electron chi connectivity index (χ2n) is 2.52. The Bertz CT molecular complexity index is 331. The molecule has 6 heteroatoms. The molecule has 13 heavy (non-hydrogen) atoms. The van der Waals surface area contributed by atoms with Gasteiger partial charge in [0.25, 0.3) is 0 Å². The van der Waals surface area contributed by atoms with Crippen molar-refractivity contribution >= 4 is 21.4 Å². The Morgan fingerprint density at radius 3 is 2.92 bits per heavy atom. The van der Waals surface area contributed by atoms with Gasteiger partial charge in [-0.25, -0.2) is 13.1 Å². The van der Waals surface area contributed by atoms with Crippen LogP contribution in [0.4, 0.5) is 0 Å². The van der Waals surface area contributed by atoms with Crippen molar-refractivity contribution in [3.05, 3.63) is 16.6 Å². The van der Waals surface area contributed by atoms with Gasteiger partial charge in [-0.05, 0) is 13.3 Å². The number of thiazole rings is 1. The molecule has 0 atom stereocenters. The Morgan fingerprint density at radius 2 is 2.38 bits per heavy atom. The monoisotopic (exact) mass is 220 g/mol. The van der Waals surface area contributed by atoms with Crippen LogP contribution in [-0.2, 0) is 16.4 Å². The number of hydrogen-bond acceptors (Lipinski definition) is 4. The minimum Gasteiger partial charge on any atom is -0.253 e. The normalized spacial score (nSPS) is 11.8. The lowest BCUT2D eigenvalue weighted by atomic mass is 10.4. The predicted molar refractivity (Wildman–Crippen MR) is 53.3 cm³/mol. The highest BCUT2D eigenvalue weighted by molar-refractivity contribution is 7.89. The Hall–Kier alpha value is -0.460. The smallest absolute Gasteiger partial charge is 0.211 e. The summed E-state index contributed by atoms with van der Waals surface area (Å²) in [6, 6.07) is 0. The molecule has 0 spiro atoms. The number of nitrogens with one attached hydrogen (secondary N) is 1. The van der Waals surface area contributed by atoms with Gasteiger partial charge in [0, 0.05) is 17.6 Å². The molecule has 74 valence electrons. The topological polar surface area (TPSA) is 59.1 Å². The summed E-state index contributed by atoms with van der Waals surface area (Å²) in [5.74, 6) is 0.135. The van der Waals surface area contributed by atoms with Crippen molar-refractivity contribution in [1.82, 2.24) is 9.71 Å². The first-order chi connectivity index (χ1) is 6.14. The van der Waals surface area contributed by atoms with Gasteiger partial charge in [-0.1, -0.05) is 0 Å². The molecule has 0 radical (unpaired) electrons. The molecule has 0 fully saturated rings. The van der Waals surface area contributed by atoms with Crippen LogP contribution in [0.15, 0.2) is 11.7 Å². The highest BCUT2D eigenvalue weighted by Crippen LogP contribution is 2.05. The lowest BCUT2D eigenvalue weighted by Gasteiger charge is -2.01. The first-order valence-electron chi connectivity index (χ1n) is 3.99. The molecule has 1 heterocycles. The molecule has 1 N–H and O–H groups in total. The zero-order valence-corrected chi connectivity index (χ0v) is 8.99. The van der Waals surface area contributed by atoms with Gasteiger partial charge >= 0.3 is 0 Å². The van der Waals surface area contributed by atoms with Crippen LogP contribution in [0.1, 0.15) is 11.8 Å². The Balaban J connectivity index is 2.30. The minimum atomic E-state index is -3.04. The van der Waals surface area contributed by atoms with Crippen molar-refractivity contribution in [2.24, 2.45) is 0 Å². The number of aromatic nitrogens is 1. The maximum absolute atomic E-state index is 11.0. The largest absolute Gasteiger partial charge is 0.253 e. The van der Waals surface area contributed by atoms with E-state index >= 15 is 0 Å². The molecule has 1 aromatic rings. The summed E-state index contributed by atoms with van der Waals surface area (Å²) in [6.07, 6.45) is 2.47. The van der Waals surface area contributed by atoms with E-state index in [-0.39, 0.29) is 5.75 Å². The average molecular weight is 220 g/mol. The third-order valence-corrected chi connectivity index (χ3v) is 3.80. The maximum Gasteiger partial charge on any atom is 0.211 e. The summed E-state index contributed by atoms with van der Waals surface area (Å²) in [4.78, 5) is 4.99. The van der Waals surface area contributed by atoms with Crippen LogP contribution < -0.4 is 4.72 Å². The molecule has 0 saturated heterocycles. The second-order valence-corrected chi connectivity index (χ2v) is 5.58. The van der Waals surface area contributed by atoms with E-state index in [9.17, 15) is 8.42 Å². The van der Waals surface area contributed by atoms with Crippen LogP contribution in [0.5, 0.6) is 0 Å². The molecule has 1 rings (SSSR count). The van der Waals surface area contributed by atoms with E-state index in [0.29, 0.717) is 13.0 Å². The van der Waals surface area contributed by atoms with Crippen molar-refractivity contribution in [2.75, 3.05) is 12.3 Å². The average Bonchev–Trinajstić information content (AvgIpc) is 2.57.